The third-order valence-electron chi connectivity index (χ3n) is 3.28. The maximum Gasteiger partial charge on any atom is 0.244 e. The van der Waals surface area contributed by atoms with Crippen LogP contribution in [0.5, 0.6) is 0 Å². The summed E-state index contributed by atoms with van der Waals surface area (Å²) in [7, 11) is -1.89. The van der Waals surface area contributed by atoms with Crippen molar-refractivity contribution in [3.63, 3.8) is 0 Å². The number of hydrogen-bond acceptors (Lipinski definition) is 4. The fraction of sp³-hybridized carbons (Fsp3) is 0.615. The SMILES string of the molecule is CCCNc1ncc(S(=O)(=O)N(C)CC2CC2)cc1Cl. The number of pyridine rings is 1. The molecule has 0 bridgehead atoms. The number of nitrogens with one attached hydrogen (secondary N) is 1. The third kappa shape index (κ3) is 3.62. The molecule has 0 aromatic carbocycles. The van der Waals surface area contributed by atoms with Gasteiger partial charge in [-0.2, -0.15) is 0 Å². The van der Waals surface area contributed by atoms with Crippen molar-refractivity contribution in [2.45, 2.75) is 31.1 Å². The van der Waals surface area contributed by atoms with Crippen LogP contribution in [0.15, 0.2) is 17.2 Å². The van der Waals surface area contributed by atoms with Crippen LogP contribution in [0.3, 0.4) is 0 Å². The minimum absolute atomic E-state index is 0.146. The second-order valence-electron chi connectivity index (χ2n) is 5.16. The van der Waals surface area contributed by atoms with Crippen LogP contribution in [-0.2, 0) is 10.0 Å². The van der Waals surface area contributed by atoms with Gasteiger partial charge in [-0.3, -0.25) is 0 Å². The summed E-state index contributed by atoms with van der Waals surface area (Å²) in [5, 5.41) is 3.39. The molecule has 1 N–H and O–H groups in total. The molecule has 5 nitrogen and oxygen atoms in total. The lowest BCUT2D eigenvalue weighted by molar-refractivity contribution is 0.452. The van der Waals surface area contributed by atoms with Crippen molar-refractivity contribution in [3.05, 3.63) is 17.3 Å². The molecule has 1 aromatic rings. The van der Waals surface area contributed by atoms with Gasteiger partial charge in [-0.1, -0.05) is 18.5 Å². The molecule has 0 aliphatic heterocycles. The van der Waals surface area contributed by atoms with Crippen molar-refractivity contribution < 1.29 is 8.42 Å². The van der Waals surface area contributed by atoms with Crippen molar-refractivity contribution in [3.8, 4) is 0 Å². The van der Waals surface area contributed by atoms with Gasteiger partial charge in [0.25, 0.3) is 0 Å². The molecule has 1 aromatic heterocycles. The van der Waals surface area contributed by atoms with Gasteiger partial charge >= 0.3 is 0 Å². The van der Waals surface area contributed by atoms with Gasteiger partial charge in [0.1, 0.15) is 10.7 Å². The van der Waals surface area contributed by atoms with Crippen LogP contribution >= 0.6 is 11.6 Å². The Morgan fingerprint density at radius 3 is 2.75 bits per heavy atom. The Kier molecular flexibility index (Phi) is 4.88. The first-order valence-corrected chi connectivity index (χ1v) is 8.62. The highest BCUT2D eigenvalue weighted by molar-refractivity contribution is 7.89. The summed E-state index contributed by atoms with van der Waals surface area (Å²) in [6, 6.07) is 1.46. The first kappa shape index (κ1) is 15.5. The van der Waals surface area contributed by atoms with Gasteiger partial charge in [0, 0.05) is 26.3 Å². The molecule has 112 valence electrons. The van der Waals surface area contributed by atoms with E-state index in [1.165, 1.54) is 16.6 Å². The summed E-state index contributed by atoms with van der Waals surface area (Å²) in [6.07, 6.45) is 4.53. The van der Waals surface area contributed by atoms with Crippen molar-refractivity contribution in [2.24, 2.45) is 5.92 Å². The molecule has 1 heterocycles. The zero-order chi connectivity index (χ0) is 14.8. The molecule has 1 aliphatic carbocycles. The van der Waals surface area contributed by atoms with Gasteiger partial charge in [0.2, 0.25) is 10.0 Å². The van der Waals surface area contributed by atoms with E-state index >= 15 is 0 Å². The second-order valence-corrected chi connectivity index (χ2v) is 7.61. The Morgan fingerprint density at radius 1 is 1.50 bits per heavy atom. The Balaban J connectivity index is 2.16. The molecule has 7 heteroatoms. The van der Waals surface area contributed by atoms with Gasteiger partial charge in [-0.05, 0) is 31.2 Å². The van der Waals surface area contributed by atoms with E-state index < -0.39 is 10.0 Å². The predicted octanol–water partition coefficient (Wildman–Crippen LogP) is 2.59. The lowest BCUT2D eigenvalue weighted by Crippen LogP contribution is -2.29. The quantitative estimate of drug-likeness (QED) is 0.839. The lowest BCUT2D eigenvalue weighted by Gasteiger charge is -2.17. The fourth-order valence-electron chi connectivity index (χ4n) is 1.88. The molecule has 1 saturated carbocycles. The molecular formula is C13H20ClN3O2S. The van der Waals surface area contributed by atoms with E-state index in [-0.39, 0.29) is 4.90 Å². The smallest absolute Gasteiger partial charge is 0.244 e. The van der Waals surface area contributed by atoms with Crippen molar-refractivity contribution in [1.82, 2.24) is 9.29 Å². The molecule has 1 aliphatic rings. The van der Waals surface area contributed by atoms with E-state index in [0.29, 0.717) is 23.3 Å². The molecule has 0 atom stereocenters. The molecule has 20 heavy (non-hydrogen) atoms. The second kappa shape index (κ2) is 6.28. The number of nitrogens with zero attached hydrogens (tertiary/aromatic N) is 2. The van der Waals surface area contributed by atoms with Gasteiger partial charge in [0.05, 0.1) is 5.02 Å². The van der Waals surface area contributed by atoms with Gasteiger partial charge < -0.3 is 5.32 Å². The highest BCUT2D eigenvalue weighted by Gasteiger charge is 2.29. The van der Waals surface area contributed by atoms with E-state index in [1.807, 2.05) is 6.92 Å². The zero-order valence-electron chi connectivity index (χ0n) is 11.8. The molecule has 0 spiro atoms. The standard InChI is InChI=1S/C13H20ClN3O2S/c1-3-6-15-13-12(14)7-11(8-16-13)20(18,19)17(2)9-10-4-5-10/h7-8,10H,3-6,9H2,1-2H3,(H,15,16). The zero-order valence-corrected chi connectivity index (χ0v) is 13.3. The summed E-state index contributed by atoms with van der Waals surface area (Å²) >= 11 is 6.09. The summed E-state index contributed by atoms with van der Waals surface area (Å²) in [5.41, 5.74) is 0. The third-order valence-corrected chi connectivity index (χ3v) is 5.36. The highest BCUT2D eigenvalue weighted by Crippen LogP contribution is 2.31. The Bertz CT molecular complexity index is 573. The molecule has 0 amide bonds. The van der Waals surface area contributed by atoms with Gasteiger partial charge in [-0.15, -0.1) is 0 Å². The fourth-order valence-corrected chi connectivity index (χ4v) is 3.39. The topological polar surface area (TPSA) is 62.3 Å². The highest BCUT2D eigenvalue weighted by atomic mass is 35.5. The van der Waals surface area contributed by atoms with Crippen molar-refractivity contribution >= 4 is 27.4 Å². The monoisotopic (exact) mass is 317 g/mol. The first-order chi connectivity index (χ1) is 9.45. The summed E-state index contributed by atoms with van der Waals surface area (Å²) in [6.45, 7) is 3.35. The summed E-state index contributed by atoms with van der Waals surface area (Å²) in [4.78, 5) is 4.26. The predicted molar refractivity (Wildman–Crippen MR) is 80.6 cm³/mol. The van der Waals surface area contributed by atoms with Crippen LogP contribution in [0, 0.1) is 5.92 Å². The normalized spacial score (nSPS) is 15.6. The lowest BCUT2D eigenvalue weighted by atomic mass is 10.4. The Hall–Kier alpha value is -0.850. The molecule has 2 rings (SSSR count). The Morgan fingerprint density at radius 2 is 2.20 bits per heavy atom. The van der Waals surface area contributed by atoms with Crippen LogP contribution in [0.25, 0.3) is 0 Å². The number of halogens is 1. The van der Waals surface area contributed by atoms with Crippen molar-refractivity contribution in [1.29, 1.82) is 0 Å². The molecule has 0 saturated heterocycles. The Labute approximate surface area is 125 Å². The maximum atomic E-state index is 12.4. The largest absolute Gasteiger partial charge is 0.369 e. The van der Waals surface area contributed by atoms with E-state index in [1.54, 1.807) is 7.05 Å². The average molecular weight is 318 g/mol. The number of anilines is 1. The molecule has 0 radical (unpaired) electrons. The van der Waals surface area contributed by atoms with E-state index in [4.69, 9.17) is 11.6 Å². The maximum absolute atomic E-state index is 12.4. The summed E-state index contributed by atoms with van der Waals surface area (Å²) in [5.74, 6) is 1.03. The summed E-state index contributed by atoms with van der Waals surface area (Å²) < 4.78 is 26.1. The van der Waals surface area contributed by atoms with Crippen LogP contribution < -0.4 is 5.32 Å². The number of rotatable bonds is 7. The van der Waals surface area contributed by atoms with E-state index in [0.717, 1.165) is 25.8 Å². The number of sulfonamides is 1. The minimum Gasteiger partial charge on any atom is -0.369 e. The average Bonchev–Trinajstić information content (AvgIpc) is 3.21. The van der Waals surface area contributed by atoms with Crippen molar-refractivity contribution in [2.75, 3.05) is 25.5 Å². The molecular weight excluding hydrogens is 298 g/mol. The molecule has 1 fully saturated rings. The molecule has 0 unspecified atom stereocenters. The van der Waals surface area contributed by atoms with E-state index in [9.17, 15) is 8.42 Å². The van der Waals surface area contributed by atoms with Gasteiger partial charge in [-0.25, -0.2) is 17.7 Å². The minimum atomic E-state index is -3.50. The van der Waals surface area contributed by atoms with E-state index in [2.05, 4.69) is 10.3 Å². The van der Waals surface area contributed by atoms with Gasteiger partial charge in [0.15, 0.2) is 0 Å². The van der Waals surface area contributed by atoms with Crippen LogP contribution in [-0.4, -0.2) is 37.8 Å². The van der Waals surface area contributed by atoms with Crippen LogP contribution in [0.1, 0.15) is 26.2 Å². The van der Waals surface area contributed by atoms with Crippen LogP contribution in [0.2, 0.25) is 5.02 Å². The first-order valence-electron chi connectivity index (χ1n) is 6.81. The van der Waals surface area contributed by atoms with Crippen LogP contribution in [0.4, 0.5) is 5.82 Å². The number of hydrogen-bond donors (Lipinski definition) is 1. The number of aromatic nitrogens is 1.